The maximum atomic E-state index is 2.59. The van der Waals surface area contributed by atoms with Crippen LogP contribution in [0.25, 0.3) is 71.1 Å². The van der Waals surface area contributed by atoms with Gasteiger partial charge in [0.1, 0.15) is 0 Å². The minimum absolute atomic E-state index is 0.0414. The molecule has 0 spiro atoms. The Morgan fingerprint density at radius 1 is 0.339 bits per heavy atom. The van der Waals surface area contributed by atoms with Gasteiger partial charge in [-0.2, -0.15) is 0 Å². The molecule has 62 heavy (non-hydrogen) atoms. The molecule has 0 fully saturated rings. The van der Waals surface area contributed by atoms with Gasteiger partial charge >= 0.3 is 0 Å². The molecule has 0 N–H and O–H groups in total. The molecule has 12 aromatic rings. The molecule has 0 unspecified atom stereocenters. The average Bonchev–Trinajstić information content (AvgIpc) is 3.94. The van der Waals surface area contributed by atoms with E-state index in [1.807, 2.05) is 0 Å². The highest BCUT2D eigenvalue weighted by Crippen LogP contribution is 2.50. The quantitative estimate of drug-likeness (QED) is 0.166. The fourth-order valence-electron chi connectivity index (χ4n) is 11.6. The zero-order valence-corrected chi connectivity index (χ0v) is 34.3. The summed E-state index contributed by atoms with van der Waals surface area (Å²) in [6, 6.07) is 71.8. The van der Waals surface area contributed by atoms with E-state index < -0.39 is 0 Å². The molecular formula is C56H38BN5. The van der Waals surface area contributed by atoms with Gasteiger partial charge in [0.25, 0.3) is 6.71 Å². The number of benzene rings is 9. The summed E-state index contributed by atoms with van der Waals surface area (Å²) in [5.41, 5.74) is 19.5. The standard InChI is InChI=1S/C56H38BN5/c1-58-43-28-14-9-23-38(43)50-54-51(39-24-10-15-29-44(39)59(54)2)56-52(55(50)58)40-25-11-16-30-45(40)62(56)37-33-48-53-49(34-37)61(36-21-7-4-8-22-36)47-32-18-13-27-42(47)57(53)41-26-12-17-31-46(41)60(48)35-19-5-3-6-20-35/h3-34H,1-2H3. The van der Waals surface area contributed by atoms with Gasteiger partial charge < -0.3 is 23.5 Å². The van der Waals surface area contributed by atoms with Gasteiger partial charge in [0, 0.05) is 91.6 Å². The Bertz CT molecular complexity index is 3710. The Labute approximate surface area is 358 Å². The molecule has 2 aliphatic heterocycles. The fraction of sp³-hybridized carbons (Fsp3) is 0.0357. The molecule has 0 bridgehead atoms. The van der Waals surface area contributed by atoms with Crippen molar-refractivity contribution < 1.29 is 0 Å². The molecule has 2 aliphatic rings. The van der Waals surface area contributed by atoms with Gasteiger partial charge in [-0.05, 0) is 83.1 Å². The summed E-state index contributed by atoms with van der Waals surface area (Å²) in [7, 11) is 4.50. The predicted molar refractivity (Wildman–Crippen MR) is 263 cm³/mol. The van der Waals surface area contributed by atoms with Crippen LogP contribution in [0.15, 0.2) is 194 Å². The highest BCUT2D eigenvalue weighted by atomic mass is 15.2. The normalized spacial score (nSPS) is 13.2. The predicted octanol–water partition coefficient (Wildman–Crippen LogP) is 12.2. The van der Waals surface area contributed by atoms with Crippen LogP contribution in [-0.2, 0) is 14.1 Å². The Kier molecular flexibility index (Phi) is 6.72. The molecular weight excluding hydrogens is 753 g/mol. The van der Waals surface area contributed by atoms with Crippen molar-refractivity contribution in [2.45, 2.75) is 0 Å². The lowest BCUT2D eigenvalue weighted by atomic mass is 9.33. The minimum atomic E-state index is 0.0414. The van der Waals surface area contributed by atoms with Crippen molar-refractivity contribution in [3.05, 3.63) is 194 Å². The summed E-state index contributed by atoms with van der Waals surface area (Å²) in [5.74, 6) is 0. The van der Waals surface area contributed by atoms with Gasteiger partial charge in [0.2, 0.25) is 0 Å². The number of hydrogen-bond donors (Lipinski definition) is 0. The maximum Gasteiger partial charge on any atom is 0.252 e. The van der Waals surface area contributed by atoms with Crippen LogP contribution >= 0.6 is 0 Å². The molecule has 0 saturated carbocycles. The first kappa shape index (κ1) is 33.8. The molecule has 290 valence electrons. The van der Waals surface area contributed by atoms with E-state index in [0.29, 0.717) is 0 Å². The van der Waals surface area contributed by atoms with Crippen molar-refractivity contribution >= 4 is 123 Å². The first-order valence-corrected chi connectivity index (χ1v) is 21.5. The zero-order chi connectivity index (χ0) is 40.8. The number of rotatable bonds is 3. The van der Waals surface area contributed by atoms with E-state index >= 15 is 0 Å². The molecule has 3 aromatic heterocycles. The second-order valence-electron chi connectivity index (χ2n) is 17.0. The van der Waals surface area contributed by atoms with Gasteiger partial charge in [-0.15, -0.1) is 0 Å². The third kappa shape index (κ3) is 4.23. The molecule has 5 heterocycles. The molecule has 14 rings (SSSR count). The van der Waals surface area contributed by atoms with Crippen LogP contribution in [0.5, 0.6) is 0 Å². The summed E-state index contributed by atoms with van der Waals surface area (Å²) in [6.07, 6.45) is 0. The second-order valence-corrected chi connectivity index (χ2v) is 17.0. The number of fused-ring (bicyclic) bond motifs is 16. The molecule has 0 aliphatic carbocycles. The van der Waals surface area contributed by atoms with Gasteiger partial charge in [-0.3, -0.25) is 0 Å². The lowest BCUT2D eigenvalue weighted by Gasteiger charge is -2.44. The van der Waals surface area contributed by atoms with Crippen molar-refractivity contribution in [3.63, 3.8) is 0 Å². The largest absolute Gasteiger partial charge is 0.343 e. The SMILES string of the molecule is Cn1c2ccccc2c2c1c1c3ccccc3n(-c3cc4c5c(c3)N(c3ccccc3)c3ccccc3B5c3ccccc3N4c3ccccc3)c1c1c3ccccc3n(C)c21. The van der Waals surface area contributed by atoms with Gasteiger partial charge in [0.15, 0.2) is 0 Å². The van der Waals surface area contributed by atoms with Gasteiger partial charge in [0.05, 0.1) is 27.8 Å². The third-order valence-corrected chi connectivity index (χ3v) is 14.0. The first-order chi connectivity index (χ1) is 30.7. The zero-order valence-electron chi connectivity index (χ0n) is 34.3. The number of aromatic nitrogens is 3. The van der Waals surface area contributed by atoms with Crippen LogP contribution in [-0.4, -0.2) is 20.4 Å². The van der Waals surface area contributed by atoms with Crippen LogP contribution in [0.4, 0.5) is 34.1 Å². The highest BCUT2D eigenvalue weighted by molar-refractivity contribution is 7.00. The number of anilines is 6. The van der Waals surface area contributed by atoms with Gasteiger partial charge in [-0.25, -0.2) is 0 Å². The summed E-state index contributed by atoms with van der Waals surface area (Å²) < 4.78 is 7.46. The van der Waals surface area contributed by atoms with E-state index in [1.165, 1.54) is 105 Å². The van der Waals surface area contributed by atoms with Crippen molar-refractivity contribution in [1.29, 1.82) is 0 Å². The minimum Gasteiger partial charge on any atom is -0.343 e. The molecule has 5 nitrogen and oxygen atoms in total. The van der Waals surface area contributed by atoms with E-state index in [0.717, 1.165) is 17.1 Å². The molecule has 6 heteroatoms. The van der Waals surface area contributed by atoms with E-state index in [-0.39, 0.29) is 6.71 Å². The lowest BCUT2D eigenvalue weighted by molar-refractivity contribution is 1.01. The summed E-state index contributed by atoms with van der Waals surface area (Å²) >= 11 is 0. The number of nitrogens with zero attached hydrogens (tertiary/aromatic N) is 5. The molecule has 0 saturated heterocycles. The molecule has 0 atom stereocenters. The molecule has 0 amide bonds. The van der Waals surface area contributed by atoms with E-state index in [2.05, 4.69) is 232 Å². The first-order valence-electron chi connectivity index (χ1n) is 21.5. The van der Waals surface area contributed by atoms with E-state index in [9.17, 15) is 0 Å². The van der Waals surface area contributed by atoms with Crippen LogP contribution in [0.3, 0.4) is 0 Å². The monoisotopic (exact) mass is 791 g/mol. The molecule has 9 aromatic carbocycles. The average molecular weight is 792 g/mol. The van der Waals surface area contributed by atoms with E-state index in [1.54, 1.807) is 0 Å². The van der Waals surface area contributed by atoms with Crippen molar-refractivity contribution in [2.75, 3.05) is 9.80 Å². The smallest absolute Gasteiger partial charge is 0.252 e. The second kappa shape index (κ2) is 12.3. The van der Waals surface area contributed by atoms with E-state index in [4.69, 9.17) is 0 Å². The van der Waals surface area contributed by atoms with Gasteiger partial charge in [-0.1, -0.05) is 127 Å². The van der Waals surface area contributed by atoms with Crippen LogP contribution in [0.1, 0.15) is 0 Å². The summed E-state index contributed by atoms with van der Waals surface area (Å²) in [4.78, 5) is 5.02. The third-order valence-electron chi connectivity index (χ3n) is 14.0. The maximum absolute atomic E-state index is 2.59. The Morgan fingerprint density at radius 3 is 1.23 bits per heavy atom. The fourth-order valence-corrected chi connectivity index (χ4v) is 11.6. The Morgan fingerprint density at radius 2 is 0.726 bits per heavy atom. The van der Waals surface area contributed by atoms with Crippen LogP contribution < -0.4 is 26.2 Å². The number of hydrogen-bond acceptors (Lipinski definition) is 2. The lowest BCUT2D eigenvalue weighted by Crippen LogP contribution is -2.61. The topological polar surface area (TPSA) is 21.3 Å². The van der Waals surface area contributed by atoms with Crippen LogP contribution in [0.2, 0.25) is 0 Å². The number of para-hydroxylation sites is 7. The number of aryl methyl sites for hydroxylation is 2. The Balaban J connectivity index is 1.21. The summed E-state index contributed by atoms with van der Waals surface area (Å²) in [6.45, 7) is 0.0414. The Hall–Kier alpha value is -7.96. The van der Waals surface area contributed by atoms with Crippen LogP contribution in [0, 0.1) is 0 Å². The highest BCUT2D eigenvalue weighted by Gasteiger charge is 2.43. The van der Waals surface area contributed by atoms with Crippen molar-refractivity contribution in [1.82, 2.24) is 13.7 Å². The summed E-state index contributed by atoms with van der Waals surface area (Å²) in [5, 5.41) is 7.63. The van der Waals surface area contributed by atoms with Crippen molar-refractivity contribution in [3.8, 4) is 5.69 Å². The molecule has 0 radical (unpaired) electrons. The van der Waals surface area contributed by atoms with Crippen molar-refractivity contribution in [2.24, 2.45) is 14.1 Å².